The molecule has 0 heterocycles. The molecule has 1 atom stereocenters. The first kappa shape index (κ1) is 19.4. The minimum Gasteiger partial charge on any atom is -0.341 e. The quantitative estimate of drug-likeness (QED) is 0.797. The average molecular weight is 306 g/mol. The Morgan fingerprint density at radius 1 is 1.10 bits per heavy atom. The lowest BCUT2D eigenvalue weighted by Gasteiger charge is -2.38. The summed E-state index contributed by atoms with van der Waals surface area (Å²) in [6.45, 7) is 13.4. The summed E-state index contributed by atoms with van der Waals surface area (Å²) in [6, 6.07) is 0.0244. The average Bonchev–Trinajstić information content (AvgIpc) is 2.18. The molecular weight excluding hydrogens is 276 g/mol. The van der Waals surface area contributed by atoms with Crippen LogP contribution in [0.3, 0.4) is 0 Å². The number of hydrogen-bond donors (Lipinski definition) is 0. The Morgan fingerprint density at radius 2 is 1.50 bits per heavy atom. The molecule has 20 heavy (non-hydrogen) atoms. The molecule has 0 saturated carbocycles. The normalized spacial score (nSPS) is 15.3. The predicted octanol–water partition coefficient (Wildman–Crippen LogP) is 1.94. The van der Waals surface area contributed by atoms with Gasteiger partial charge in [0.1, 0.15) is 0 Å². The highest BCUT2D eigenvalue weighted by molar-refractivity contribution is 7.88. The highest BCUT2D eigenvalue weighted by Gasteiger charge is 2.34. The molecule has 5 nitrogen and oxygen atoms in total. The van der Waals surface area contributed by atoms with Gasteiger partial charge in [-0.25, -0.2) is 8.42 Å². The van der Waals surface area contributed by atoms with E-state index >= 15 is 0 Å². The summed E-state index contributed by atoms with van der Waals surface area (Å²) in [5.74, 6) is -0.187. The van der Waals surface area contributed by atoms with Crippen molar-refractivity contribution in [2.45, 2.75) is 60.0 Å². The molecule has 0 fully saturated rings. The molecule has 0 aromatic heterocycles. The molecule has 0 spiro atoms. The van der Waals surface area contributed by atoms with Gasteiger partial charge in [-0.15, -0.1) is 0 Å². The lowest BCUT2D eigenvalue weighted by molar-refractivity contribution is -0.134. The predicted molar refractivity (Wildman–Crippen MR) is 83.0 cm³/mol. The lowest BCUT2D eigenvalue weighted by atomic mass is 9.87. The van der Waals surface area contributed by atoms with E-state index in [2.05, 4.69) is 20.8 Å². The molecular formula is C14H30N2O3S. The van der Waals surface area contributed by atoms with E-state index < -0.39 is 15.6 Å². The van der Waals surface area contributed by atoms with Gasteiger partial charge in [-0.2, -0.15) is 4.31 Å². The molecule has 120 valence electrons. The molecule has 0 saturated heterocycles. The first-order chi connectivity index (χ1) is 8.58. The van der Waals surface area contributed by atoms with E-state index in [4.69, 9.17) is 0 Å². The molecule has 0 aliphatic heterocycles. The van der Waals surface area contributed by atoms with Gasteiger partial charge in [-0.05, 0) is 33.1 Å². The van der Waals surface area contributed by atoms with Crippen molar-refractivity contribution in [1.82, 2.24) is 9.21 Å². The van der Waals surface area contributed by atoms with Crippen LogP contribution in [0.25, 0.3) is 0 Å². The minimum atomic E-state index is -3.43. The second kappa shape index (κ2) is 6.02. The highest BCUT2D eigenvalue weighted by atomic mass is 32.2. The van der Waals surface area contributed by atoms with Crippen molar-refractivity contribution >= 4 is 15.9 Å². The number of likely N-dealkylation sites (N-methyl/N-ethyl adjacent to an activating group) is 1. The first-order valence-corrected chi connectivity index (χ1v) is 8.67. The zero-order valence-corrected chi connectivity index (χ0v) is 15.1. The fourth-order valence-corrected chi connectivity index (χ4v) is 3.22. The number of rotatable bonds is 4. The van der Waals surface area contributed by atoms with E-state index in [0.717, 1.165) is 6.26 Å². The number of hydrogen-bond acceptors (Lipinski definition) is 3. The Hall–Kier alpha value is -0.620. The van der Waals surface area contributed by atoms with Gasteiger partial charge >= 0.3 is 0 Å². The summed E-state index contributed by atoms with van der Waals surface area (Å²) in [5, 5.41) is 0. The van der Waals surface area contributed by atoms with Gasteiger partial charge in [-0.3, -0.25) is 4.79 Å². The Kier molecular flexibility index (Phi) is 5.83. The minimum absolute atomic E-state index is 0.0244. The molecule has 0 unspecified atom stereocenters. The van der Waals surface area contributed by atoms with E-state index in [1.807, 2.05) is 6.92 Å². The van der Waals surface area contributed by atoms with Crippen LogP contribution in [-0.2, 0) is 14.8 Å². The molecule has 0 N–H and O–H groups in total. The fourth-order valence-electron chi connectivity index (χ4n) is 1.88. The van der Waals surface area contributed by atoms with E-state index in [0.29, 0.717) is 0 Å². The van der Waals surface area contributed by atoms with E-state index in [9.17, 15) is 13.2 Å². The van der Waals surface area contributed by atoms with Crippen LogP contribution in [0.4, 0.5) is 0 Å². The van der Waals surface area contributed by atoms with Crippen molar-refractivity contribution in [1.29, 1.82) is 0 Å². The van der Waals surface area contributed by atoms with Gasteiger partial charge in [-0.1, -0.05) is 20.8 Å². The van der Waals surface area contributed by atoms with Crippen LogP contribution < -0.4 is 0 Å². The van der Waals surface area contributed by atoms with E-state index in [1.54, 1.807) is 32.7 Å². The molecule has 0 radical (unpaired) electrons. The van der Waals surface area contributed by atoms with Crippen LogP contribution in [0, 0.1) is 5.41 Å². The van der Waals surface area contributed by atoms with Gasteiger partial charge in [0, 0.05) is 18.6 Å². The third kappa shape index (κ3) is 5.40. The third-order valence-corrected chi connectivity index (χ3v) is 5.13. The third-order valence-electron chi connectivity index (χ3n) is 3.66. The number of amides is 1. The zero-order valence-electron chi connectivity index (χ0n) is 14.3. The van der Waals surface area contributed by atoms with Crippen LogP contribution in [0.1, 0.15) is 48.5 Å². The van der Waals surface area contributed by atoms with Crippen molar-refractivity contribution in [3.8, 4) is 0 Å². The molecule has 0 aliphatic rings. The fraction of sp³-hybridized carbons (Fsp3) is 0.929. The van der Waals surface area contributed by atoms with Crippen molar-refractivity contribution in [2.75, 3.05) is 19.8 Å². The second-order valence-corrected chi connectivity index (χ2v) is 9.39. The zero-order chi connectivity index (χ0) is 16.5. The van der Waals surface area contributed by atoms with Crippen LogP contribution >= 0.6 is 0 Å². The van der Waals surface area contributed by atoms with Gasteiger partial charge < -0.3 is 4.90 Å². The largest absolute Gasteiger partial charge is 0.341 e. The monoisotopic (exact) mass is 306 g/mol. The summed E-state index contributed by atoms with van der Waals surface area (Å²) >= 11 is 0. The van der Waals surface area contributed by atoms with E-state index in [1.165, 1.54) is 4.31 Å². The summed E-state index contributed by atoms with van der Waals surface area (Å²) in [5.41, 5.74) is -0.670. The smallest absolute Gasteiger partial charge is 0.237 e. The first-order valence-electron chi connectivity index (χ1n) is 6.82. The molecule has 0 aliphatic carbocycles. The van der Waals surface area contributed by atoms with Gasteiger partial charge in [0.05, 0.1) is 12.8 Å². The Morgan fingerprint density at radius 3 is 1.75 bits per heavy atom. The Bertz CT molecular complexity index is 444. The van der Waals surface area contributed by atoms with Crippen LogP contribution in [0.2, 0.25) is 0 Å². The standard InChI is InChI=1S/C14H30N2O3S/c1-11(13(2,3)4)15(8)12(17)10-16(14(5,6)7)20(9,18)19/h11H,10H2,1-9H3/t11-/m1/s1. The number of sulfonamides is 1. The second-order valence-electron chi connectivity index (χ2n) is 7.49. The Balaban J connectivity index is 5.15. The number of carbonyl (C=O) groups is 1. The number of nitrogens with zero attached hydrogens (tertiary/aromatic N) is 2. The van der Waals surface area contributed by atoms with Gasteiger partial charge in [0.15, 0.2) is 0 Å². The van der Waals surface area contributed by atoms with Crippen molar-refractivity contribution in [3.05, 3.63) is 0 Å². The lowest BCUT2D eigenvalue weighted by Crippen LogP contribution is -2.52. The molecule has 0 rings (SSSR count). The highest BCUT2D eigenvalue weighted by Crippen LogP contribution is 2.24. The topological polar surface area (TPSA) is 57.7 Å². The van der Waals surface area contributed by atoms with Crippen LogP contribution in [0.15, 0.2) is 0 Å². The molecule has 6 heteroatoms. The molecule has 1 amide bonds. The summed E-state index contributed by atoms with van der Waals surface area (Å²) in [7, 11) is -1.70. The van der Waals surface area contributed by atoms with Crippen LogP contribution in [-0.4, -0.2) is 55.0 Å². The maximum Gasteiger partial charge on any atom is 0.237 e. The molecule has 0 bridgehead atoms. The Labute approximate surface area is 124 Å². The molecule has 0 aromatic carbocycles. The number of carbonyl (C=O) groups excluding carboxylic acids is 1. The SMILES string of the molecule is C[C@@H](N(C)C(=O)CN(C(C)(C)C)S(C)(=O)=O)C(C)(C)C. The van der Waals surface area contributed by atoms with Crippen molar-refractivity contribution < 1.29 is 13.2 Å². The van der Waals surface area contributed by atoms with Crippen LogP contribution in [0.5, 0.6) is 0 Å². The van der Waals surface area contributed by atoms with Gasteiger partial charge in [0.2, 0.25) is 15.9 Å². The van der Waals surface area contributed by atoms with E-state index in [-0.39, 0.29) is 23.9 Å². The molecule has 0 aromatic rings. The van der Waals surface area contributed by atoms with Crippen molar-refractivity contribution in [2.24, 2.45) is 5.41 Å². The van der Waals surface area contributed by atoms with Gasteiger partial charge in [0.25, 0.3) is 0 Å². The maximum atomic E-state index is 12.4. The summed E-state index contributed by atoms with van der Waals surface area (Å²) < 4.78 is 25.0. The summed E-state index contributed by atoms with van der Waals surface area (Å²) in [4.78, 5) is 14.0. The van der Waals surface area contributed by atoms with Crippen molar-refractivity contribution in [3.63, 3.8) is 0 Å². The summed E-state index contributed by atoms with van der Waals surface area (Å²) in [6.07, 6.45) is 1.14. The maximum absolute atomic E-state index is 12.4.